The van der Waals surface area contributed by atoms with E-state index < -0.39 is 28.0 Å². The molecule has 2 heterocycles. The minimum absolute atomic E-state index is 0.113. The largest absolute Gasteiger partial charge is 0.481 e. The van der Waals surface area contributed by atoms with Crippen LogP contribution in [0.25, 0.3) is 0 Å². The van der Waals surface area contributed by atoms with Crippen LogP contribution < -0.4 is 4.90 Å². The molecule has 8 heteroatoms. The molecule has 7 nitrogen and oxygen atoms in total. The third kappa shape index (κ3) is 3.23. The quantitative estimate of drug-likeness (QED) is 0.864. The number of rotatable bonds is 3. The summed E-state index contributed by atoms with van der Waals surface area (Å²) in [4.78, 5) is 25.0. The molecule has 0 aliphatic carbocycles. The molecule has 1 aromatic rings. The zero-order chi connectivity index (χ0) is 19.1. The molecule has 0 saturated carbocycles. The maximum atomic E-state index is 13.2. The van der Waals surface area contributed by atoms with Crippen molar-refractivity contribution in [3.63, 3.8) is 0 Å². The monoisotopic (exact) mass is 380 g/mol. The second kappa shape index (κ2) is 7.00. The van der Waals surface area contributed by atoms with Crippen molar-refractivity contribution in [2.75, 3.05) is 18.0 Å². The predicted octanol–water partition coefficient (Wildman–Crippen LogP) is 1.86. The summed E-state index contributed by atoms with van der Waals surface area (Å²) in [5.41, 5.74) is 1.60. The van der Waals surface area contributed by atoms with Crippen LogP contribution in [-0.4, -0.2) is 48.8 Å². The van der Waals surface area contributed by atoms with Crippen LogP contribution in [0.4, 0.5) is 5.69 Å². The van der Waals surface area contributed by atoms with Gasteiger partial charge in [-0.25, -0.2) is 8.42 Å². The smallest absolute Gasteiger partial charge is 0.308 e. The van der Waals surface area contributed by atoms with Gasteiger partial charge in [-0.05, 0) is 50.3 Å². The first-order valence-corrected chi connectivity index (χ1v) is 10.3. The van der Waals surface area contributed by atoms with Crippen molar-refractivity contribution in [3.05, 3.63) is 23.8 Å². The summed E-state index contributed by atoms with van der Waals surface area (Å²) in [7, 11) is -3.83. The Morgan fingerprint density at radius 2 is 1.92 bits per heavy atom. The van der Waals surface area contributed by atoms with Gasteiger partial charge in [0.15, 0.2) is 0 Å². The van der Waals surface area contributed by atoms with Crippen molar-refractivity contribution in [3.8, 4) is 0 Å². The number of amides is 1. The van der Waals surface area contributed by atoms with Gasteiger partial charge in [0, 0.05) is 31.7 Å². The number of aliphatic carboxylic acids is 1. The fourth-order valence-electron chi connectivity index (χ4n) is 3.96. The Morgan fingerprint density at radius 3 is 2.58 bits per heavy atom. The number of carbonyl (C=O) groups excluding carboxylic acids is 1. The topological polar surface area (TPSA) is 95.0 Å². The average molecular weight is 380 g/mol. The van der Waals surface area contributed by atoms with Crippen LogP contribution in [-0.2, 0) is 26.0 Å². The van der Waals surface area contributed by atoms with Gasteiger partial charge in [0.1, 0.15) is 0 Å². The predicted molar refractivity (Wildman–Crippen MR) is 96.5 cm³/mol. The van der Waals surface area contributed by atoms with Crippen LogP contribution in [0.1, 0.15) is 38.7 Å². The van der Waals surface area contributed by atoms with Crippen LogP contribution in [0.2, 0.25) is 0 Å². The number of carbonyl (C=O) groups is 2. The molecular weight excluding hydrogens is 356 g/mol. The molecule has 1 fully saturated rings. The Hall–Kier alpha value is -1.93. The van der Waals surface area contributed by atoms with Crippen molar-refractivity contribution in [2.24, 2.45) is 5.92 Å². The van der Waals surface area contributed by atoms with Gasteiger partial charge in [0.25, 0.3) is 0 Å². The molecule has 2 aliphatic rings. The highest BCUT2D eigenvalue weighted by molar-refractivity contribution is 7.89. The summed E-state index contributed by atoms with van der Waals surface area (Å²) >= 11 is 0. The Kier molecular flexibility index (Phi) is 5.07. The van der Waals surface area contributed by atoms with Crippen LogP contribution in [0.5, 0.6) is 0 Å². The molecule has 1 saturated heterocycles. The standard InChI is InChI=1S/C18H24N2O5S/c1-12-16(18(22)23)6-4-10-20(12)26(24,25)15-8-7-14-5-3-9-19(13(2)21)17(14)11-15/h7-8,11-12,16H,3-6,9-10H2,1-2H3,(H,22,23)/t12-,16-/m1/s1. The molecule has 1 aromatic carbocycles. The number of sulfonamides is 1. The average Bonchev–Trinajstić information content (AvgIpc) is 2.60. The molecular formula is C18H24N2O5S. The molecule has 2 aliphatic heterocycles. The summed E-state index contributed by atoms with van der Waals surface area (Å²) in [5.74, 6) is -1.78. The Bertz CT molecular complexity index is 836. The fraction of sp³-hybridized carbons (Fsp3) is 0.556. The highest BCUT2D eigenvalue weighted by Crippen LogP contribution is 2.34. The normalized spacial score (nSPS) is 24.2. The summed E-state index contributed by atoms with van der Waals surface area (Å²) < 4.78 is 27.6. The number of hydrogen-bond donors (Lipinski definition) is 1. The SMILES string of the molecule is CC(=O)N1CCCc2ccc(S(=O)(=O)N3CCC[C@@H](C(=O)O)[C@H]3C)cc21. The molecule has 0 unspecified atom stereocenters. The lowest BCUT2D eigenvalue weighted by Gasteiger charge is -2.36. The van der Waals surface area contributed by atoms with E-state index in [1.165, 1.54) is 11.2 Å². The van der Waals surface area contributed by atoms with E-state index in [4.69, 9.17) is 0 Å². The molecule has 142 valence electrons. The van der Waals surface area contributed by atoms with Gasteiger partial charge >= 0.3 is 5.97 Å². The number of benzene rings is 1. The number of carboxylic acid groups (broad SMARTS) is 1. The van der Waals surface area contributed by atoms with Gasteiger partial charge in [-0.1, -0.05) is 6.07 Å². The first-order chi connectivity index (χ1) is 12.2. The van der Waals surface area contributed by atoms with E-state index in [0.29, 0.717) is 31.6 Å². The van der Waals surface area contributed by atoms with Gasteiger partial charge in [-0.3, -0.25) is 9.59 Å². The van der Waals surface area contributed by atoms with Crippen molar-refractivity contribution in [1.82, 2.24) is 4.31 Å². The maximum Gasteiger partial charge on any atom is 0.308 e. The first kappa shape index (κ1) is 18.8. The molecule has 1 N–H and O–H groups in total. The lowest BCUT2D eigenvalue weighted by atomic mass is 9.92. The van der Waals surface area contributed by atoms with E-state index in [2.05, 4.69) is 0 Å². The first-order valence-electron chi connectivity index (χ1n) is 8.89. The van der Waals surface area contributed by atoms with Crippen molar-refractivity contribution in [2.45, 2.75) is 50.5 Å². The zero-order valence-corrected chi connectivity index (χ0v) is 15.8. The van der Waals surface area contributed by atoms with Crippen LogP contribution >= 0.6 is 0 Å². The van der Waals surface area contributed by atoms with E-state index in [9.17, 15) is 23.1 Å². The number of nitrogens with zero attached hydrogens (tertiary/aromatic N) is 2. The van der Waals surface area contributed by atoms with Crippen molar-refractivity contribution < 1.29 is 23.1 Å². The van der Waals surface area contributed by atoms with Gasteiger partial charge in [0.2, 0.25) is 15.9 Å². The van der Waals surface area contributed by atoms with E-state index >= 15 is 0 Å². The minimum atomic E-state index is -3.83. The molecule has 26 heavy (non-hydrogen) atoms. The molecule has 0 radical (unpaired) electrons. The maximum absolute atomic E-state index is 13.2. The van der Waals surface area contributed by atoms with E-state index in [1.54, 1.807) is 30.0 Å². The molecule has 1 amide bonds. The zero-order valence-electron chi connectivity index (χ0n) is 15.0. The van der Waals surface area contributed by atoms with Crippen LogP contribution in [0.15, 0.2) is 23.1 Å². The second-order valence-electron chi connectivity index (χ2n) is 7.01. The third-order valence-corrected chi connectivity index (χ3v) is 7.39. The number of aryl methyl sites for hydroxylation is 1. The summed E-state index contributed by atoms with van der Waals surface area (Å²) in [6.07, 6.45) is 2.65. The molecule has 0 aromatic heterocycles. The van der Waals surface area contributed by atoms with Crippen molar-refractivity contribution in [1.29, 1.82) is 0 Å². The molecule has 0 spiro atoms. The van der Waals surface area contributed by atoms with Crippen LogP contribution in [0, 0.1) is 5.92 Å². The van der Waals surface area contributed by atoms with Crippen molar-refractivity contribution >= 4 is 27.6 Å². The highest BCUT2D eigenvalue weighted by atomic mass is 32.2. The number of piperidine rings is 1. The van der Waals surface area contributed by atoms with E-state index in [-0.39, 0.29) is 10.8 Å². The Balaban J connectivity index is 1.99. The number of fused-ring (bicyclic) bond motifs is 1. The number of carboxylic acids is 1. The third-order valence-electron chi connectivity index (χ3n) is 5.41. The second-order valence-corrected chi connectivity index (χ2v) is 8.90. The summed E-state index contributed by atoms with van der Waals surface area (Å²) in [6, 6.07) is 4.28. The fourth-order valence-corrected chi connectivity index (χ4v) is 5.68. The minimum Gasteiger partial charge on any atom is -0.481 e. The number of hydrogen-bond acceptors (Lipinski definition) is 4. The molecule has 3 rings (SSSR count). The van der Waals surface area contributed by atoms with Gasteiger partial charge < -0.3 is 10.0 Å². The van der Waals surface area contributed by atoms with E-state index in [0.717, 1.165) is 18.4 Å². The van der Waals surface area contributed by atoms with Crippen LogP contribution in [0.3, 0.4) is 0 Å². The Labute approximate surface area is 153 Å². The number of anilines is 1. The van der Waals surface area contributed by atoms with Gasteiger partial charge in [-0.2, -0.15) is 4.31 Å². The van der Waals surface area contributed by atoms with Gasteiger partial charge in [0.05, 0.1) is 10.8 Å². The molecule has 0 bridgehead atoms. The lowest BCUT2D eigenvalue weighted by molar-refractivity contribution is -0.144. The van der Waals surface area contributed by atoms with E-state index in [1.807, 2.05) is 0 Å². The highest BCUT2D eigenvalue weighted by Gasteiger charge is 2.40. The Morgan fingerprint density at radius 1 is 1.19 bits per heavy atom. The summed E-state index contributed by atoms with van der Waals surface area (Å²) in [6.45, 7) is 4.00. The molecule has 2 atom stereocenters. The lowest BCUT2D eigenvalue weighted by Crippen LogP contribution is -2.49. The van der Waals surface area contributed by atoms with Gasteiger partial charge in [-0.15, -0.1) is 0 Å². The summed E-state index contributed by atoms with van der Waals surface area (Å²) in [5, 5.41) is 9.35.